The number of carbonyl (C=O) groups is 1. The van der Waals surface area contributed by atoms with Gasteiger partial charge in [0.15, 0.2) is 0 Å². The van der Waals surface area contributed by atoms with Gasteiger partial charge in [-0.3, -0.25) is 4.79 Å². The normalized spacial score (nSPS) is 17.0. The number of hydrogen-bond donors (Lipinski definition) is 2. The van der Waals surface area contributed by atoms with E-state index in [9.17, 15) is 13.2 Å². The lowest BCUT2D eigenvalue weighted by Gasteiger charge is -2.20. The summed E-state index contributed by atoms with van der Waals surface area (Å²) in [5.41, 5.74) is 1.29. The molecule has 0 unspecified atom stereocenters. The van der Waals surface area contributed by atoms with Gasteiger partial charge in [0.05, 0.1) is 0 Å². The van der Waals surface area contributed by atoms with Crippen LogP contribution in [0, 0.1) is 0 Å². The van der Waals surface area contributed by atoms with Crippen molar-refractivity contribution in [3.63, 3.8) is 0 Å². The first-order valence-electron chi connectivity index (χ1n) is 7.59. The first kappa shape index (κ1) is 16.9. The number of amides is 1. The molecular weight excluding hydrogens is 302 g/mol. The van der Waals surface area contributed by atoms with E-state index >= 15 is 0 Å². The molecule has 7 heteroatoms. The van der Waals surface area contributed by atoms with Gasteiger partial charge in [-0.15, -0.1) is 0 Å². The fourth-order valence-corrected chi connectivity index (χ4v) is 3.79. The van der Waals surface area contributed by atoms with Crippen molar-refractivity contribution in [2.45, 2.75) is 32.2 Å². The molecule has 0 aromatic heterocycles. The first-order chi connectivity index (χ1) is 10.5. The molecule has 0 bridgehead atoms. The zero-order valence-corrected chi connectivity index (χ0v) is 13.7. The average molecular weight is 325 g/mol. The Morgan fingerprint density at radius 1 is 1.18 bits per heavy atom. The van der Waals surface area contributed by atoms with E-state index in [2.05, 4.69) is 10.0 Å². The second-order valence-corrected chi connectivity index (χ2v) is 7.17. The maximum atomic E-state index is 12.3. The van der Waals surface area contributed by atoms with E-state index in [4.69, 9.17) is 0 Å². The van der Waals surface area contributed by atoms with Gasteiger partial charge >= 0.3 is 0 Å². The molecule has 1 saturated heterocycles. The van der Waals surface area contributed by atoms with Crippen molar-refractivity contribution in [2.24, 2.45) is 0 Å². The molecule has 2 N–H and O–H groups in total. The maximum Gasteiger partial charge on any atom is 0.279 e. The molecule has 0 radical (unpaired) electrons. The summed E-state index contributed by atoms with van der Waals surface area (Å²) in [6.07, 6.45) is 3.99. The monoisotopic (exact) mass is 325 g/mol. The van der Waals surface area contributed by atoms with Crippen molar-refractivity contribution in [3.05, 3.63) is 35.4 Å². The predicted octanol–water partition coefficient (Wildman–Crippen LogP) is 1.26. The summed E-state index contributed by atoms with van der Waals surface area (Å²) in [5, 5.41) is 2.55. The molecule has 1 aliphatic heterocycles. The molecule has 0 atom stereocenters. The van der Waals surface area contributed by atoms with Crippen LogP contribution in [0.4, 0.5) is 0 Å². The Labute approximate surface area is 132 Å². The number of nitrogens with zero attached hydrogens (tertiary/aromatic N) is 1. The topological polar surface area (TPSA) is 78.5 Å². The Balaban J connectivity index is 2.00. The van der Waals surface area contributed by atoms with E-state index in [1.807, 2.05) is 0 Å². The standard InChI is InChI=1S/C15H23N3O3S/c1-16-15(19)14-8-6-7-13(11-14)12-17-22(20,21)18-9-4-2-3-5-10-18/h6-8,11,17H,2-5,9-10,12H2,1H3,(H,16,19). The lowest BCUT2D eigenvalue weighted by Crippen LogP contribution is -2.40. The number of benzene rings is 1. The zero-order chi connectivity index (χ0) is 16.0. The van der Waals surface area contributed by atoms with E-state index in [1.54, 1.807) is 31.3 Å². The van der Waals surface area contributed by atoms with Crippen LogP contribution in [0.2, 0.25) is 0 Å². The Morgan fingerprint density at radius 2 is 1.86 bits per heavy atom. The predicted molar refractivity (Wildman–Crippen MR) is 85.6 cm³/mol. The van der Waals surface area contributed by atoms with E-state index in [1.165, 1.54) is 4.31 Å². The number of rotatable bonds is 5. The maximum absolute atomic E-state index is 12.3. The van der Waals surface area contributed by atoms with Crippen molar-refractivity contribution in [3.8, 4) is 0 Å². The van der Waals surface area contributed by atoms with Gasteiger partial charge in [-0.25, -0.2) is 0 Å². The molecule has 1 aromatic rings. The molecule has 0 saturated carbocycles. The van der Waals surface area contributed by atoms with Gasteiger partial charge < -0.3 is 5.32 Å². The Kier molecular flexibility index (Phi) is 5.93. The van der Waals surface area contributed by atoms with Gasteiger partial charge in [-0.1, -0.05) is 25.0 Å². The summed E-state index contributed by atoms with van der Waals surface area (Å²) in [7, 11) is -1.89. The molecule has 122 valence electrons. The van der Waals surface area contributed by atoms with Crippen molar-refractivity contribution >= 4 is 16.1 Å². The molecular formula is C15H23N3O3S. The van der Waals surface area contributed by atoms with Crippen LogP contribution in [0.25, 0.3) is 0 Å². The summed E-state index contributed by atoms with van der Waals surface area (Å²) in [5.74, 6) is -0.183. The van der Waals surface area contributed by atoms with Gasteiger partial charge in [0.1, 0.15) is 0 Å². The van der Waals surface area contributed by atoms with Crippen LogP contribution in [0.1, 0.15) is 41.6 Å². The number of nitrogens with one attached hydrogen (secondary N) is 2. The highest BCUT2D eigenvalue weighted by Crippen LogP contribution is 2.13. The highest BCUT2D eigenvalue weighted by Gasteiger charge is 2.22. The third kappa shape index (κ3) is 4.53. The molecule has 0 aliphatic carbocycles. The SMILES string of the molecule is CNC(=O)c1cccc(CNS(=O)(=O)N2CCCCCC2)c1. The zero-order valence-electron chi connectivity index (χ0n) is 12.8. The number of hydrogen-bond acceptors (Lipinski definition) is 3. The van der Waals surface area contributed by atoms with Crippen LogP contribution >= 0.6 is 0 Å². The van der Waals surface area contributed by atoms with E-state index in [-0.39, 0.29) is 12.5 Å². The highest BCUT2D eigenvalue weighted by atomic mass is 32.2. The van der Waals surface area contributed by atoms with Crippen molar-refractivity contribution in [2.75, 3.05) is 20.1 Å². The molecule has 6 nitrogen and oxygen atoms in total. The van der Waals surface area contributed by atoms with Crippen molar-refractivity contribution in [1.82, 2.24) is 14.3 Å². The van der Waals surface area contributed by atoms with Crippen molar-refractivity contribution < 1.29 is 13.2 Å². The minimum Gasteiger partial charge on any atom is -0.355 e. The molecule has 0 spiro atoms. The van der Waals surface area contributed by atoms with Crippen molar-refractivity contribution in [1.29, 1.82) is 0 Å². The van der Waals surface area contributed by atoms with Gasteiger partial charge in [0.2, 0.25) is 0 Å². The molecule has 22 heavy (non-hydrogen) atoms. The van der Waals surface area contributed by atoms with E-state index in [0.29, 0.717) is 18.7 Å². The van der Waals surface area contributed by atoms with E-state index in [0.717, 1.165) is 31.2 Å². The fraction of sp³-hybridized carbons (Fsp3) is 0.533. The van der Waals surface area contributed by atoms with Gasteiger partial charge in [-0.05, 0) is 30.5 Å². The highest BCUT2D eigenvalue weighted by molar-refractivity contribution is 7.87. The van der Waals surface area contributed by atoms with Crippen LogP contribution in [0.5, 0.6) is 0 Å². The summed E-state index contributed by atoms with van der Waals surface area (Å²) < 4.78 is 28.8. The molecule has 1 fully saturated rings. The summed E-state index contributed by atoms with van der Waals surface area (Å²) in [4.78, 5) is 11.6. The lowest BCUT2D eigenvalue weighted by molar-refractivity contribution is 0.0963. The minimum absolute atomic E-state index is 0.183. The first-order valence-corrected chi connectivity index (χ1v) is 9.03. The Bertz CT molecular complexity index is 608. The summed E-state index contributed by atoms with van der Waals surface area (Å²) >= 11 is 0. The minimum atomic E-state index is -3.46. The van der Waals surface area contributed by atoms with Crippen LogP contribution in [0.15, 0.2) is 24.3 Å². The van der Waals surface area contributed by atoms with E-state index < -0.39 is 10.2 Å². The summed E-state index contributed by atoms with van der Waals surface area (Å²) in [6, 6.07) is 6.95. The molecule has 1 heterocycles. The molecule has 1 aromatic carbocycles. The summed E-state index contributed by atoms with van der Waals surface area (Å²) in [6.45, 7) is 1.34. The van der Waals surface area contributed by atoms with Crippen LogP contribution in [0.3, 0.4) is 0 Å². The second-order valence-electron chi connectivity index (χ2n) is 5.42. The largest absolute Gasteiger partial charge is 0.355 e. The quantitative estimate of drug-likeness (QED) is 0.855. The molecule has 1 amide bonds. The van der Waals surface area contributed by atoms with Crippen LogP contribution in [-0.4, -0.2) is 38.8 Å². The van der Waals surface area contributed by atoms with Gasteiger partial charge in [0.25, 0.3) is 16.1 Å². The smallest absolute Gasteiger partial charge is 0.279 e. The second kappa shape index (κ2) is 7.71. The number of carbonyl (C=O) groups excluding carboxylic acids is 1. The molecule has 1 aliphatic rings. The lowest BCUT2D eigenvalue weighted by atomic mass is 10.1. The van der Waals surface area contributed by atoms with Gasteiger partial charge in [0, 0.05) is 32.2 Å². The molecule has 2 rings (SSSR count). The third-order valence-corrected chi connectivity index (χ3v) is 5.33. The fourth-order valence-electron chi connectivity index (χ4n) is 2.51. The van der Waals surface area contributed by atoms with Crippen LogP contribution in [-0.2, 0) is 16.8 Å². The average Bonchev–Trinajstić information content (AvgIpc) is 2.82. The van der Waals surface area contributed by atoms with Crippen LogP contribution < -0.4 is 10.0 Å². The van der Waals surface area contributed by atoms with Gasteiger partial charge in [-0.2, -0.15) is 17.4 Å². The Hall–Kier alpha value is -1.44. The third-order valence-electron chi connectivity index (χ3n) is 3.78. The Morgan fingerprint density at radius 3 is 2.50 bits per heavy atom.